The van der Waals surface area contributed by atoms with Crippen LogP contribution >= 0.6 is 39.5 Å². The monoisotopic (exact) mass is 643 g/mol. The van der Waals surface area contributed by atoms with Crippen LogP contribution in [-0.2, 0) is 9.59 Å². The highest BCUT2D eigenvalue weighted by molar-refractivity contribution is 9.10. The van der Waals surface area contributed by atoms with Gasteiger partial charge in [-0.1, -0.05) is 29.8 Å². The highest BCUT2D eigenvalue weighted by Gasteiger charge is 2.18. The molecule has 0 aliphatic carbocycles. The molecule has 0 radical (unpaired) electrons. The smallest absolute Gasteiger partial charge is 0.277 e. The molecule has 2 N–H and O–H groups in total. The zero-order chi connectivity index (χ0) is 28.3. The average molecular weight is 645 g/mol. The summed E-state index contributed by atoms with van der Waals surface area (Å²) in [5.41, 5.74) is 6.18. The summed E-state index contributed by atoms with van der Waals surface area (Å²) < 4.78 is 18.1. The van der Waals surface area contributed by atoms with Crippen molar-refractivity contribution in [3.8, 4) is 17.2 Å². The van der Waals surface area contributed by atoms with Crippen molar-refractivity contribution in [1.29, 1.82) is 0 Å². The summed E-state index contributed by atoms with van der Waals surface area (Å²) in [4.78, 5) is 24.6. The van der Waals surface area contributed by atoms with Gasteiger partial charge in [-0.3, -0.25) is 9.59 Å². The van der Waals surface area contributed by atoms with Crippen molar-refractivity contribution in [3.05, 3.63) is 81.8 Å². The third kappa shape index (κ3) is 8.94. The molecule has 0 atom stereocenters. The van der Waals surface area contributed by atoms with Crippen molar-refractivity contribution in [2.45, 2.75) is 18.4 Å². The Hall–Kier alpha value is -3.15. The van der Waals surface area contributed by atoms with E-state index in [1.54, 1.807) is 12.1 Å². The maximum atomic E-state index is 12.4. The van der Waals surface area contributed by atoms with Crippen LogP contribution in [0.2, 0.25) is 0 Å². The van der Waals surface area contributed by atoms with E-state index in [1.165, 1.54) is 23.3 Å². The Morgan fingerprint density at radius 3 is 2.38 bits per heavy atom. The molecule has 0 saturated carbocycles. The number of carbonyl (C=O) groups is 2. The third-order valence-electron chi connectivity index (χ3n) is 5.56. The van der Waals surface area contributed by atoms with Gasteiger partial charge in [0.2, 0.25) is 0 Å². The molecule has 1 fully saturated rings. The lowest BCUT2D eigenvalue weighted by Gasteiger charge is -2.14. The molecule has 1 heterocycles. The number of hydrazone groups is 1. The number of carbonyl (C=O) groups excluding carboxylic acids is 2. The van der Waals surface area contributed by atoms with Crippen LogP contribution in [0.1, 0.15) is 28.2 Å². The van der Waals surface area contributed by atoms with Gasteiger partial charge in [0.25, 0.3) is 11.8 Å². The Labute approximate surface area is 250 Å². The van der Waals surface area contributed by atoms with Crippen LogP contribution in [0.4, 0.5) is 5.69 Å². The number of ether oxygens (including phenoxy) is 3. The lowest BCUT2D eigenvalue weighted by atomic mass is 10.2. The molecule has 0 bridgehead atoms. The Bertz CT molecular complexity index is 1330. The molecule has 1 aliphatic rings. The van der Waals surface area contributed by atoms with Gasteiger partial charge in [0.15, 0.2) is 24.7 Å². The van der Waals surface area contributed by atoms with Gasteiger partial charge in [0.1, 0.15) is 5.75 Å². The maximum Gasteiger partial charge on any atom is 0.277 e. The molecule has 0 unspecified atom stereocenters. The van der Waals surface area contributed by atoms with E-state index in [9.17, 15) is 9.59 Å². The topological polar surface area (TPSA) is 98.2 Å². The van der Waals surface area contributed by atoms with Crippen LogP contribution in [0, 0.1) is 6.92 Å². The summed E-state index contributed by atoms with van der Waals surface area (Å²) in [5, 5.41) is 6.83. The average Bonchev–Trinajstić information content (AvgIpc) is 3.48. The first-order valence-corrected chi connectivity index (χ1v) is 15.5. The van der Waals surface area contributed by atoms with E-state index < -0.39 is 0 Å². The number of rotatable bonds is 12. The molecule has 2 amide bonds. The highest BCUT2D eigenvalue weighted by Crippen LogP contribution is 2.45. The molecule has 0 spiro atoms. The molecule has 3 aromatic rings. The number of amides is 2. The number of anilines is 1. The van der Waals surface area contributed by atoms with Gasteiger partial charge >= 0.3 is 0 Å². The van der Waals surface area contributed by atoms with Crippen LogP contribution in [-0.4, -0.2) is 49.4 Å². The first-order chi connectivity index (χ1) is 19.4. The lowest BCUT2D eigenvalue weighted by Crippen LogP contribution is -2.24. The zero-order valence-electron chi connectivity index (χ0n) is 22.1. The summed E-state index contributed by atoms with van der Waals surface area (Å²) in [6.45, 7) is 3.87. The Kier molecular flexibility index (Phi) is 11.2. The summed E-state index contributed by atoms with van der Waals surface area (Å²) in [6, 6.07) is 18.8. The quantitative estimate of drug-likeness (QED) is 0.180. The molecule has 8 nitrogen and oxygen atoms in total. The second-order valence-corrected chi connectivity index (χ2v) is 12.3. The fraction of sp³-hybridized carbons (Fsp3) is 0.276. The van der Waals surface area contributed by atoms with Gasteiger partial charge in [-0.2, -0.15) is 5.10 Å². The number of benzene rings is 3. The van der Waals surface area contributed by atoms with Crippen molar-refractivity contribution in [2.75, 3.05) is 36.6 Å². The zero-order valence-corrected chi connectivity index (χ0v) is 25.4. The van der Waals surface area contributed by atoms with Crippen molar-refractivity contribution < 1.29 is 23.8 Å². The Balaban J connectivity index is 1.28. The van der Waals surface area contributed by atoms with Crippen LogP contribution < -0.4 is 25.0 Å². The number of hydrogen-bond donors (Lipinski definition) is 2. The van der Waals surface area contributed by atoms with E-state index >= 15 is 0 Å². The van der Waals surface area contributed by atoms with Gasteiger partial charge < -0.3 is 19.5 Å². The number of halogens is 1. The van der Waals surface area contributed by atoms with Gasteiger partial charge in [0, 0.05) is 17.2 Å². The molecule has 0 aromatic heterocycles. The van der Waals surface area contributed by atoms with Crippen molar-refractivity contribution in [2.24, 2.45) is 5.10 Å². The molecule has 40 heavy (non-hydrogen) atoms. The van der Waals surface area contributed by atoms with E-state index in [2.05, 4.69) is 31.8 Å². The fourth-order valence-corrected chi connectivity index (χ4v) is 7.10. The number of hydrogen-bond acceptors (Lipinski definition) is 8. The van der Waals surface area contributed by atoms with Crippen molar-refractivity contribution in [1.82, 2.24) is 5.43 Å². The summed E-state index contributed by atoms with van der Waals surface area (Å²) >= 11 is 7.37. The fourth-order valence-electron chi connectivity index (χ4n) is 3.67. The molecular weight excluding hydrogens is 614 g/mol. The van der Waals surface area contributed by atoms with E-state index in [-0.39, 0.29) is 25.0 Å². The predicted molar refractivity (Wildman–Crippen MR) is 166 cm³/mol. The number of nitrogens with one attached hydrogen (secondary N) is 2. The normalized spacial score (nSPS) is 13.3. The molecular formula is C29H30BrN3O5S2. The maximum absolute atomic E-state index is 12.4. The summed E-state index contributed by atoms with van der Waals surface area (Å²) in [5.74, 6) is 3.13. The number of nitrogens with zero attached hydrogens (tertiary/aromatic N) is 1. The lowest BCUT2D eigenvalue weighted by molar-refractivity contribution is -0.123. The van der Waals surface area contributed by atoms with Crippen LogP contribution in [0.15, 0.2) is 70.2 Å². The first kappa shape index (κ1) is 29.8. The first-order valence-electron chi connectivity index (χ1n) is 12.6. The van der Waals surface area contributed by atoms with Gasteiger partial charge in [-0.05, 0) is 77.3 Å². The molecule has 11 heteroatoms. The minimum atomic E-state index is -0.383. The largest absolute Gasteiger partial charge is 0.490 e. The van der Waals surface area contributed by atoms with E-state index in [4.69, 9.17) is 14.2 Å². The minimum absolute atomic E-state index is 0.158. The predicted octanol–water partition coefficient (Wildman–Crippen LogP) is 6.18. The SMILES string of the molecule is CCOc1cc(/C=N\NC(=O)COc2ccc(C3SCCS3)cc2)cc(Br)c1OCC(=O)Nc1ccc(C)cc1. The van der Waals surface area contributed by atoms with Crippen LogP contribution in [0.25, 0.3) is 0 Å². The molecule has 1 saturated heterocycles. The second-order valence-electron chi connectivity index (χ2n) is 8.69. The minimum Gasteiger partial charge on any atom is -0.490 e. The van der Waals surface area contributed by atoms with Gasteiger partial charge in [-0.15, -0.1) is 23.5 Å². The molecule has 3 aromatic carbocycles. The molecule has 210 valence electrons. The van der Waals surface area contributed by atoms with Gasteiger partial charge in [0.05, 0.1) is 21.9 Å². The van der Waals surface area contributed by atoms with Gasteiger partial charge in [-0.25, -0.2) is 5.43 Å². The molecule has 4 rings (SSSR count). The Morgan fingerprint density at radius 1 is 0.975 bits per heavy atom. The van der Waals surface area contributed by atoms with Crippen LogP contribution in [0.5, 0.6) is 17.2 Å². The van der Waals surface area contributed by atoms with Crippen molar-refractivity contribution >= 4 is 63.2 Å². The van der Waals surface area contributed by atoms with E-state index in [0.717, 1.165) is 5.56 Å². The van der Waals surface area contributed by atoms with E-state index in [0.29, 0.717) is 44.2 Å². The third-order valence-corrected chi connectivity index (χ3v) is 9.25. The van der Waals surface area contributed by atoms with E-state index in [1.807, 2.05) is 85.9 Å². The van der Waals surface area contributed by atoms with Crippen molar-refractivity contribution in [3.63, 3.8) is 0 Å². The highest BCUT2D eigenvalue weighted by atomic mass is 79.9. The summed E-state index contributed by atoms with van der Waals surface area (Å²) in [7, 11) is 0. The Morgan fingerprint density at radius 2 is 1.68 bits per heavy atom. The molecule has 1 aliphatic heterocycles. The standard InChI is InChI=1S/C29H30BrN3O5S2/c1-3-36-25-15-20(14-24(30)28(25)38-17-26(34)32-22-8-4-19(2)5-9-22)16-31-33-27(35)18-37-23-10-6-21(7-11-23)29-39-12-13-40-29/h4-11,14-16,29H,3,12-13,17-18H2,1-2H3,(H,32,34)(H,33,35)/b31-16-. The number of thioether (sulfide) groups is 2. The summed E-state index contributed by atoms with van der Waals surface area (Å²) in [6.07, 6.45) is 1.49. The number of aryl methyl sites for hydroxylation is 1. The van der Waals surface area contributed by atoms with Crippen LogP contribution in [0.3, 0.4) is 0 Å². The second kappa shape index (κ2) is 15.0.